The Morgan fingerprint density at radius 2 is 2.13 bits per heavy atom. The van der Waals surface area contributed by atoms with Crippen LogP contribution >= 0.6 is 28.1 Å². The molecule has 1 saturated heterocycles. The molecule has 8 nitrogen and oxygen atoms in total. The van der Waals surface area contributed by atoms with Crippen molar-refractivity contribution >= 4 is 56.4 Å². The van der Waals surface area contributed by atoms with Crippen LogP contribution in [-0.2, 0) is 7.05 Å². The van der Waals surface area contributed by atoms with Gasteiger partial charge in [-0.05, 0) is 49.0 Å². The Labute approximate surface area is 194 Å². The van der Waals surface area contributed by atoms with Crippen molar-refractivity contribution in [1.82, 2.24) is 19.7 Å². The maximum absolute atomic E-state index is 12.7. The number of rotatable bonds is 4. The Hall–Kier alpha value is -2.98. The number of likely N-dealkylation sites (tertiary alicyclic amines) is 1. The number of aromatic nitrogens is 3. The molecule has 4 N–H and O–H groups in total. The molecule has 0 radical (unpaired) electrons. The lowest BCUT2D eigenvalue weighted by atomic mass is 10.0. The number of anilines is 3. The molecule has 0 bridgehead atoms. The predicted octanol–water partition coefficient (Wildman–Crippen LogP) is 3.60. The molecule has 2 aromatic heterocycles. The van der Waals surface area contributed by atoms with Crippen molar-refractivity contribution in [2.45, 2.75) is 12.3 Å². The summed E-state index contributed by atoms with van der Waals surface area (Å²) in [5, 5.41) is 11.5. The summed E-state index contributed by atoms with van der Waals surface area (Å²) >= 11 is 9.08. The van der Waals surface area contributed by atoms with Crippen LogP contribution in [0.3, 0.4) is 0 Å². The van der Waals surface area contributed by atoms with Crippen LogP contribution in [0, 0.1) is 0 Å². The van der Waals surface area contributed by atoms with E-state index in [0.29, 0.717) is 16.4 Å². The smallest absolute Gasteiger partial charge is 0.259 e. The number of nitrogen functional groups attached to an aromatic ring is 1. The molecule has 0 spiro atoms. The van der Waals surface area contributed by atoms with Crippen LogP contribution in [0.5, 0.6) is 0 Å². The molecule has 1 amide bonds. The van der Waals surface area contributed by atoms with E-state index >= 15 is 0 Å². The van der Waals surface area contributed by atoms with Crippen molar-refractivity contribution in [3.8, 4) is 0 Å². The van der Waals surface area contributed by atoms with Gasteiger partial charge in [-0.25, -0.2) is 4.98 Å². The number of amides is 1. The number of carbonyl (C=O) groups excluding carboxylic acids is 1. The minimum atomic E-state index is -0.304. The van der Waals surface area contributed by atoms with Crippen LogP contribution in [0.4, 0.5) is 17.2 Å². The first-order valence-corrected chi connectivity index (χ1v) is 11.0. The summed E-state index contributed by atoms with van der Waals surface area (Å²) in [6.07, 6.45) is 4.25. The van der Waals surface area contributed by atoms with Gasteiger partial charge in [0.05, 0.1) is 16.9 Å². The molecule has 3 heterocycles. The predicted molar refractivity (Wildman–Crippen MR) is 129 cm³/mol. The highest BCUT2D eigenvalue weighted by molar-refractivity contribution is 9.10. The van der Waals surface area contributed by atoms with Gasteiger partial charge in [0.25, 0.3) is 5.91 Å². The normalized spacial score (nSPS) is 15.7. The molecule has 1 aliphatic rings. The minimum absolute atomic E-state index is 0.144. The number of thiocarbonyl (C=S) groups is 1. The fraction of sp³-hybridized carbons (Fsp3) is 0.238. The highest BCUT2D eigenvalue weighted by Gasteiger charge is 2.30. The van der Waals surface area contributed by atoms with Gasteiger partial charge in [-0.3, -0.25) is 9.48 Å². The van der Waals surface area contributed by atoms with Gasteiger partial charge in [0.15, 0.2) is 5.11 Å². The maximum Gasteiger partial charge on any atom is 0.259 e. The molecular weight excluding hydrogens is 478 g/mol. The summed E-state index contributed by atoms with van der Waals surface area (Å²) in [6, 6.07) is 11.2. The van der Waals surface area contributed by atoms with Crippen LogP contribution in [0.1, 0.15) is 28.4 Å². The van der Waals surface area contributed by atoms with Gasteiger partial charge in [-0.1, -0.05) is 22.0 Å². The summed E-state index contributed by atoms with van der Waals surface area (Å²) in [5.41, 5.74) is 8.63. The standard InChI is InChI=1S/C21H22BrN7OS/c1-28-12-17(26-20(30)16-6-3-8-24-19(16)23)18(27-28)13-7-9-29(11-13)21(31)25-15-5-2-4-14(22)10-15/h2-6,8,10,12-13H,7,9,11H2,1H3,(H2,23,24)(H,25,31)(H,26,30)/t13-/m1/s1. The van der Waals surface area contributed by atoms with E-state index in [2.05, 4.69) is 41.5 Å². The van der Waals surface area contributed by atoms with E-state index in [1.54, 1.807) is 29.2 Å². The zero-order valence-corrected chi connectivity index (χ0v) is 19.3. The third kappa shape index (κ3) is 4.86. The van der Waals surface area contributed by atoms with Gasteiger partial charge in [0, 0.05) is 48.6 Å². The van der Waals surface area contributed by atoms with Crippen molar-refractivity contribution < 1.29 is 4.79 Å². The van der Waals surface area contributed by atoms with Crippen LogP contribution in [0.25, 0.3) is 0 Å². The van der Waals surface area contributed by atoms with E-state index in [9.17, 15) is 4.79 Å². The molecule has 160 valence electrons. The number of hydrogen-bond acceptors (Lipinski definition) is 5. The lowest BCUT2D eigenvalue weighted by Crippen LogP contribution is -2.32. The summed E-state index contributed by atoms with van der Waals surface area (Å²) in [6.45, 7) is 1.53. The summed E-state index contributed by atoms with van der Waals surface area (Å²) < 4.78 is 2.70. The number of halogens is 1. The van der Waals surface area contributed by atoms with Crippen LogP contribution in [0.2, 0.25) is 0 Å². The molecule has 1 fully saturated rings. The summed E-state index contributed by atoms with van der Waals surface area (Å²) in [7, 11) is 1.84. The number of carbonyl (C=O) groups is 1. The average molecular weight is 500 g/mol. The van der Waals surface area contributed by atoms with E-state index in [1.807, 2.05) is 31.3 Å². The lowest BCUT2D eigenvalue weighted by Gasteiger charge is -2.20. The quantitative estimate of drug-likeness (QED) is 0.471. The number of nitrogens with two attached hydrogens (primary N) is 1. The first kappa shape index (κ1) is 21.3. The highest BCUT2D eigenvalue weighted by Crippen LogP contribution is 2.32. The van der Waals surface area contributed by atoms with Crippen molar-refractivity contribution in [3.05, 3.63) is 64.5 Å². The van der Waals surface area contributed by atoms with Gasteiger partial charge in [-0.15, -0.1) is 0 Å². The van der Waals surface area contributed by atoms with Crippen molar-refractivity contribution in [3.63, 3.8) is 0 Å². The number of hydrogen-bond donors (Lipinski definition) is 3. The lowest BCUT2D eigenvalue weighted by molar-refractivity contribution is 0.102. The van der Waals surface area contributed by atoms with Gasteiger partial charge in [0.1, 0.15) is 5.82 Å². The minimum Gasteiger partial charge on any atom is -0.383 e. The number of nitrogens with one attached hydrogen (secondary N) is 2. The van der Waals surface area contributed by atoms with Gasteiger partial charge >= 0.3 is 0 Å². The SMILES string of the molecule is Cn1cc(NC(=O)c2cccnc2N)c([C@@H]2CCN(C(=S)Nc3cccc(Br)c3)C2)n1. The third-order valence-corrected chi connectivity index (χ3v) is 5.98. The average Bonchev–Trinajstić information content (AvgIpc) is 3.35. The molecule has 1 aliphatic heterocycles. The van der Waals surface area contributed by atoms with Crippen LogP contribution < -0.4 is 16.4 Å². The second kappa shape index (κ2) is 9.03. The zero-order chi connectivity index (χ0) is 22.0. The van der Waals surface area contributed by atoms with E-state index in [1.165, 1.54) is 0 Å². The first-order chi connectivity index (χ1) is 14.9. The van der Waals surface area contributed by atoms with Gasteiger partial charge < -0.3 is 21.3 Å². The van der Waals surface area contributed by atoms with E-state index in [-0.39, 0.29) is 17.6 Å². The Kier molecular flexibility index (Phi) is 6.19. The Bertz CT molecular complexity index is 1130. The van der Waals surface area contributed by atoms with Gasteiger partial charge in [-0.2, -0.15) is 5.10 Å². The summed E-state index contributed by atoms with van der Waals surface area (Å²) in [5.74, 6) is 0.0352. The molecule has 10 heteroatoms. The number of aryl methyl sites for hydroxylation is 1. The van der Waals surface area contributed by atoms with E-state index < -0.39 is 0 Å². The molecular formula is C21H22BrN7OS. The van der Waals surface area contributed by atoms with Crippen LogP contribution in [0.15, 0.2) is 53.3 Å². The molecule has 0 saturated carbocycles. The number of benzene rings is 1. The Balaban J connectivity index is 1.45. The molecule has 4 rings (SSSR count). The van der Waals surface area contributed by atoms with Crippen molar-refractivity contribution in [2.24, 2.45) is 7.05 Å². The monoisotopic (exact) mass is 499 g/mol. The molecule has 0 aliphatic carbocycles. The molecule has 1 atom stereocenters. The maximum atomic E-state index is 12.7. The van der Waals surface area contributed by atoms with E-state index in [4.69, 9.17) is 18.0 Å². The van der Waals surface area contributed by atoms with Crippen molar-refractivity contribution in [2.75, 3.05) is 29.5 Å². The Morgan fingerprint density at radius 3 is 2.90 bits per heavy atom. The number of pyridine rings is 1. The second-order valence-electron chi connectivity index (χ2n) is 7.36. The number of nitrogens with zero attached hydrogens (tertiary/aromatic N) is 4. The summed E-state index contributed by atoms with van der Waals surface area (Å²) in [4.78, 5) is 18.8. The first-order valence-electron chi connectivity index (χ1n) is 9.77. The zero-order valence-electron chi connectivity index (χ0n) is 16.9. The highest BCUT2D eigenvalue weighted by atomic mass is 79.9. The third-order valence-electron chi connectivity index (χ3n) is 5.13. The molecule has 31 heavy (non-hydrogen) atoms. The van der Waals surface area contributed by atoms with Gasteiger partial charge in [0.2, 0.25) is 0 Å². The fourth-order valence-corrected chi connectivity index (χ4v) is 4.32. The second-order valence-corrected chi connectivity index (χ2v) is 8.67. The molecule has 3 aromatic rings. The van der Waals surface area contributed by atoms with Crippen molar-refractivity contribution in [1.29, 1.82) is 0 Å². The fourth-order valence-electron chi connectivity index (χ4n) is 3.64. The topological polar surface area (TPSA) is 101 Å². The molecule has 0 unspecified atom stereocenters. The molecule has 1 aromatic carbocycles. The Morgan fingerprint density at radius 1 is 1.29 bits per heavy atom. The van der Waals surface area contributed by atoms with E-state index in [0.717, 1.165) is 35.4 Å². The van der Waals surface area contributed by atoms with Crippen LogP contribution in [-0.4, -0.2) is 43.8 Å². The largest absolute Gasteiger partial charge is 0.383 e.